The van der Waals surface area contributed by atoms with E-state index in [1.54, 1.807) is 30.3 Å². The first-order valence-electron chi connectivity index (χ1n) is 11.1. The number of anilines is 2. The van der Waals surface area contributed by atoms with Gasteiger partial charge in [0.25, 0.3) is 0 Å². The smallest absolute Gasteiger partial charge is 0.248 e. The van der Waals surface area contributed by atoms with Crippen LogP contribution in [0.3, 0.4) is 0 Å². The van der Waals surface area contributed by atoms with Gasteiger partial charge in [-0.1, -0.05) is 30.1 Å². The maximum atomic E-state index is 12.4. The van der Waals surface area contributed by atoms with Crippen LogP contribution in [0.25, 0.3) is 17.4 Å². The highest BCUT2D eigenvalue weighted by Crippen LogP contribution is 2.30. The molecule has 0 saturated carbocycles. The number of hydrogen-bond donors (Lipinski definition) is 1. The van der Waals surface area contributed by atoms with E-state index in [2.05, 4.69) is 10.2 Å². The lowest BCUT2D eigenvalue weighted by atomic mass is 10.2. The lowest BCUT2D eigenvalue weighted by molar-refractivity contribution is -0.131. The first-order valence-corrected chi connectivity index (χ1v) is 11.9. The highest BCUT2D eigenvalue weighted by atomic mass is 35.5. The van der Waals surface area contributed by atoms with Crippen molar-refractivity contribution in [1.29, 1.82) is 0 Å². The van der Waals surface area contributed by atoms with Crippen molar-refractivity contribution >= 4 is 52.5 Å². The van der Waals surface area contributed by atoms with Crippen LogP contribution in [0.2, 0.25) is 10.0 Å². The predicted molar refractivity (Wildman–Crippen MR) is 137 cm³/mol. The molecule has 1 aliphatic rings. The van der Waals surface area contributed by atoms with Crippen LogP contribution >= 0.6 is 23.2 Å². The highest BCUT2D eigenvalue weighted by Gasteiger charge is 2.21. The van der Waals surface area contributed by atoms with E-state index < -0.39 is 0 Å². The Morgan fingerprint density at radius 3 is 2.41 bits per heavy atom. The third kappa shape index (κ3) is 5.82. The van der Waals surface area contributed by atoms with Crippen molar-refractivity contribution < 1.29 is 14.0 Å². The van der Waals surface area contributed by atoms with Crippen LogP contribution in [0, 0.1) is 0 Å². The minimum absolute atomic E-state index is 0.174. The summed E-state index contributed by atoms with van der Waals surface area (Å²) in [5, 5.41) is 4.03. The molecule has 6 nitrogen and oxygen atoms in total. The average molecular weight is 498 g/mol. The molecule has 0 bridgehead atoms. The van der Waals surface area contributed by atoms with Crippen molar-refractivity contribution in [3.05, 3.63) is 76.5 Å². The van der Waals surface area contributed by atoms with Crippen molar-refractivity contribution in [3.8, 4) is 11.3 Å². The fourth-order valence-corrected chi connectivity index (χ4v) is 4.24. The molecule has 1 fully saturated rings. The second kappa shape index (κ2) is 10.8. The zero-order valence-electron chi connectivity index (χ0n) is 18.8. The highest BCUT2D eigenvalue weighted by molar-refractivity contribution is 6.33. The monoisotopic (exact) mass is 497 g/mol. The van der Waals surface area contributed by atoms with Crippen molar-refractivity contribution in [1.82, 2.24) is 4.90 Å². The van der Waals surface area contributed by atoms with Gasteiger partial charge < -0.3 is 19.5 Å². The topological polar surface area (TPSA) is 65.8 Å². The van der Waals surface area contributed by atoms with Crippen LogP contribution in [-0.4, -0.2) is 42.9 Å². The Bertz CT molecular complexity index is 1200. The number of rotatable bonds is 6. The van der Waals surface area contributed by atoms with Crippen molar-refractivity contribution in [2.45, 2.75) is 13.3 Å². The van der Waals surface area contributed by atoms with Crippen LogP contribution in [0.5, 0.6) is 0 Å². The molecule has 0 spiro atoms. The first kappa shape index (κ1) is 23.9. The zero-order valence-corrected chi connectivity index (χ0v) is 20.3. The number of carbonyl (C=O) groups excluding carboxylic acids is 2. The summed E-state index contributed by atoms with van der Waals surface area (Å²) in [4.78, 5) is 28.3. The maximum Gasteiger partial charge on any atom is 0.248 e. The van der Waals surface area contributed by atoms with Gasteiger partial charge in [0.1, 0.15) is 11.5 Å². The van der Waals surface area contributed by atoms with Crippen LogP contribution in [-0.2, 0) is 9.59 Å². The summed E-state index contributed by atoms with van der Waals surface area (Å²) < 4.78 is 5.78. The molecule has 1 saturated heterocycles. The first-order chi connectivity index (χ1) is 16.4. The lowest BCUT2D eigenvalue weighted by Crippen LogP contribution is -2.48. The Kier molecular flexibility index (Phi) is 7.60. The minimum Gasteiger partial charge on any atom is -0.457 e. The number of furan rings is 1. The van der Waals surface area contributed by atoms with E-state index in [4.69, 9.17) is 27.6 Å². The third-order valence-corrected chi connectivity index (χ3v) is 6.20. The summed E-state index contributed by atoms with van der Waals surface area (Å²) >= 11 is 12.4. The Labute approximate surface area is 208 Å². The van der Waals surface area contributed by atoms with Crippen LogP contribution in [0.4, 0.5) is 11.4 Å². The number of hydrogen-bond acceptors (Lipinski definition) is 4. The normalized spacial score (nSPS) is 14.0. The number of nitrogens with zero attached hydrogens (tertiary/aromatic N) is 2. The number of nitrogens with one attached hydrogen (secondary N) is 1. The van der Waals surface area contributed by atoms with Gasteiger partial charge in [-0.2, -0.15) is 0 Å². The molecule has 2 aromatic carbocycles. The van der Waals surface area contributed by atoms with Crippen molar-refractivity contribution in [3.63, 3.8) is 0 Å². The zero-order chi connectivity index (χ0) is 24.1. The number of amides is 2. The molecule has 34 heavy (non-hydrogen) atoms. The summed E-state index contributed by atoms with van der Waals surface area (Å²) in [5.74, 6) is 1.14. The number of benzene rings is 2. The van der Waals surface area contributed by atoms with Crippen LogP contribution in [0.1, 0.15) is 19.1 Å². The molecule has 0 unspecified atom stereocenters. The van der Waals surface area contributed by atoms with Crippen LogP contribution in [0.15, 0.2) is 65.1 Å². The van der Waals surface area contributed by atoms with Gasteiger partial charge in [-0.15, -0.1) is 0 Å². The van der Waals surface area contributed by atoms with Crippen molar-refractivity contribution in [2.75, 3.05) is 36.4 Å². The third-order valence-electron chi connectivity index (χ3n) is 5.65. The molecule has 4 rings (SSSR count). The van der Waals surface area contributed by atoms with Gasteiger partial charge in [-0.05, 0) is 60.7 Å². The summed E-state index contributed by atoms with van der Waals surface area (Å²) in [6, 6.07) is 16.4. The van der Waals surface area contributed by atoms with E-state index in [0.29, 0.717) is 46.8 Å². The van der Waals surface area contributed by atoms with Gasteiger partial charge in [-0.3, -0.25) is 9.59 Å². The number of carbonyl (C=O) groups is 2. The summed E-state index contributed by atoms with van der Waals surface area (Å²) in [6.45, 7) is 4.68. The largest absolute Gasteiger partial charge is 0.457 e. The molecule has 176 valence electrons. The standard InChI is InChI=1S/C26H25Cl2N3O3/c1-2-26(33)31-15-13-30(14-16-31)23-10-7-20(17-22(23)28)29-25(32)12-9-21-8-11-24(34-21)18-3-5-19(27)6-4-18/h3-12,17H,2,13-16H2,1H3,(H,29,32)/b12-9+. The second-order valence-corrected chi connectivity index (χ2v) is 8.76. The summed E-state index contributed by atoms with van der Waals surface area (Å²) in [5.41, 5.74) is 2.40. The van der Waals surface area contributed by atoms with Gasteiger partial charge in [0.15, 0.2) is 0 Å². The van der Waals surface area contributed by atoms with E-state index >= 15 is 0 Å². The minimum atomic E-state index is -0.292. The average Bonchev–Trinajstić information content (AvgIpc) is 3.32. The fourth-order valence-electron chi connectivity index (χ4n) is 3.81. The molecule has 0 atom stereocenters. The SMILES string of the molecule is CCC(=O)N1CCN(c2ccc(NC(=O)/C=C/c3ccc(-c4ccc(Cl)cc4)o3)cc2Cl)CC1. The number of piperazine rings is 1. The van der Waals surface area contributed by atoms with Gasteiger partial charge in [0, 0.05) is 54.9 Å². The Balaban J connectivity index is 1.34. The maximum absolute atomic E-state index is 12.4. The molecule has 1 aromatic heterocycles. The Hall–Kier alpha value is -3.22. The molecular weight excluding hydrogens is 473 g/mol. The molecular formula is C26H25Cl2N3O3. The van der Waals surface area contributed by atoms with Gasteiger partial charge >= 0.3 is 0 Å². The summed E-state index contributed by atoms with van der Waals surface area (Å²) in [6.07, 6.45) is 3.55. The van der Waals surface area contributed by atoms with Gasteiger partial charge in [-0.25, -0.2) is 0 Å². The number of halogens is 2. The quantitative estimate of drug-likeness (QED) is 0.426. The molecule has 0 aliphatic carbocycles. The summed E-state index contributed by atoms with van der Waals surface area (Å²) in [7, 11) is 0. The molecule has 2 amide bonds. The molecule has 1 N–H and O–H groups in total. The van der Waals surface area contributed by atoms with E-state index in [-0.39, 0.29) is 11.8 Å². The Morgan fingerprint density at radius 1 is 1.00 bits per heavy atom. The fraction of sp³-hybridized carbons (Fsp3) is 0.231. The molecule has 2 heterocycles. The molecule has 0 radical (unpaired) electrons. The predicted octanol–water partition coefficient (Wildman–Crippen LogP) is 5.96. The van der Waals surface area contributed by atoms with Gasteiger partial charge in [0.05, 0.1) is 10.7 Å². The van der Waals surface area contributed by atoms with E-state index in [9.17, 15) is 9.59 Å². The van der Waals surface area contributed by atoms with Gasteiger partial charge in [0.2, 0.25) is 11.8 Å². The second-order valence-electron chi connectivity index (χ2n) is 7.92. The lowest BCUT2D eigenvalue weighted by Gasteiger charge is -2.36. The molecule has 1 aliphatic heterocycles. The van der Waals surface area contributed by atoms with E-state index in [1.165, 1.54) is 6.08 Å². The molecule has 3 aromatic rings. The van der Waals surface area contributed by atoms with E-state index in [0.717, 1.165) is 24.3 Å². The Morgan fingerprint density at radius 2 is 1.74 bits per heavy atom. The van der Waals surface area contributed by atoms with Crippen LogP contribution < -0.4 is 10.2 Å². The van der Waals surface area contributed by atoms with E-state index in [1.807, 2.05) is 42.2 Å². The molecule has 8 heteroatoms. The van der Waals surface area contributed by atoms with Crippen molar-refractivity contribution in [2.24, 2.45) is 0 Å².